The summed E-state index contributed by atoms with van der Waals surface area (Å²) in [5.74, 6) is 11.3. The molecule has 0 atom stereocenters. The molecular weight excluding hydrogens is 357 g/mol. The van der Waals surface area contributed by atoms with Gasteiger partial charge in [-0.25, -0.2) is 0 Å². The van der Waals surface area contributed by atoms with Crippen molar-refractivity contribution >= 4 is 43.4 Å². The van der Waals surface area contributed by atoms with E-state index in [0.29, 0.717) is 6.10 Å². The minimum Gasteiger partial charge on any atom is -0.499 e. The molecule has 0 amide bonds. The van der Waals surface area contributed by atoms with Crippen LogP contribution in [0.1, 0.15) is 13.8 Å². The Bertz CT molecular complexity index is 262. The number of likely N-dealkylation sites (N-methyl/N-ethyl adjacent to an activating group) is 2. The Balaban J connectivity index is -0.000000365. The second-order valence-electron chi connectivity index (χ2n) is 8.52. The lowest BCUT2D eigenvalue weighted by atomic mass is 10.5. The van der Waals surface area contributed by atoms with Gasteiger partial charge in [-0.3, -0.25) is 0 Å². The summed E-state index contributed by atoms with van der Waals surface area (Å²) in [7, 11) is 15.1. The summed E-state index contributed by atoms with van der Waals surface area (Å²) in [5, 5.41) is 0. The van der Waals surface area contributed by atoms with Gasteiger partial charge in [-0.05, 0) is 69.7 Å². The van der Waals surface area contributed by atoms with Crippen LogP contribution in [-0.2, 0) is 3.79 Å². The van der Waals surface area contributed by atoms with E-state index < -0.39 is 29.3 Å². The standard InChI is InChI=1S/C5H13N2.C3H7O.2C2H6N.5CH3.3Al/c1-6-4-5-7(2)3;1-3(2)4;2*1-3-2;;;;;;;;/h4-5H2,1-3H3;3H,1-2H3;2*1-2H3;5*1H3;;;/q4*-1;;;;;;;+1;+3. The van der Waals surface area contributed by atoms with E-state index in [1.54, 1.807) is 0 Å². The van der Waals surface area contributed by atoms with Crippen LogP contribution in [0, 0.1) is 0 Å². The summed E-state index contributed by atoms with van der Waals surface area (Å²) < 4.78 is 12.6. The zero-order valence-corrected chi connectivity index (χ0v) is 23.4. The van der Waals surface area contributed by atoms with Crippen LogP contribution in [0.25, 0.3) is 0 Å². The number of hydrogen-bond donors (Lipinski definition) is 0. The maximum atomic E-state index is 5.39. The second kappa shape index (κ2) is 18.7. The van der Waals surface area contributed by atoms with Gasteiger partial charge in [-0.15, -0.1) is 17.4 Å². The zero-order valence-electron chi connectivity index (χ0n) is 19.9. The third-order valence-corrected chi connectivity index (χ3v) is 6.75. The van der Waals surface area contributed by atoms with Crippen molar-refractivity contribution in [3.63, 3.8) is 0 Å². The normalized spacial score (nSPS) is 10.7. The van der Waals surface area contributed by atoms with Gasteiger partial charge in [0.05, 0.1) is 0 Å². The first-order chi connectivity index (χ1) is 11.2. The molecular formula is C17H47Al3N4O. The summed E-state index contributed by atoms with van der Waals surface area (Å²) in [6.07, 6.45) is 0.437. The molecule has 5 nitrogen and oxygen atoms in total. The zero-order chi connectivity index (χ0) is 20.7. The molecule has 0 spiro atoms. The smallest absolute Gasteiger partial charge is 0.499 e. The maximum Gasteiger partial charge on any atom is 0.608 e. The van der Waals surface area contributed by atoms with E-state index in [1.807, 2.05) is 0 Å². The average Bonchev–Trinajstić information content (AvgIpc) is 2.33. The van der Waals surface area contributed by atoms with Crippen molar-refractivity contribution < 1.29 is 3.79 Å². The molecule has 0 aromatic rings. The number of rotatable bonds is 8. The molecule has 0 bridgehead atoms. The van der Waals surface area contributed by atoms with Crippen molar-refractivity contribution in [3.05, 3.63) is 0 Å². The monoisotopic (exact) mass is 404 g/mol. The highest BCUT2D eigenvalue weighted by Gasteiger charge is 2.31. The molecule has 0 heterocycles. The molecule has 0 rings (SSSR count). The molecule has 0 saturated carbocycles. The fourth-order valence-corrected chi connectivity index (χ4v) is 6.20. The third kappa shape index (κ3) is 27.7. The Morgan fingerprint density at radius 2 is 1.08 bits per heavy atom. The third-order valence-electron chi connectivity index (χ3n) is 2.76. The minimum atomic E-state index is -1.06. The largest absolute Gasteiger partial charge is 0.608 e. The number of hydrogen-bond acceptors (Lipinski definition) is 5. The van der Waals surface area contributed by atoms with E-state index in [1.165, 1.54) is 0 Å². The first-order valence-corrected chi connectivity index (χ1v) is 17.3. The Hall–Kier alpha value is 1.40. The molecule has 0 aromatic heterocycles. The average molecular weight is 405 g/mol. The van der Waals surface area contributed by atoms with Gasteiger partial charge in [-0.1, -0.05) is 11.6 Å². The Morgan fingerprint density at radius 1 is 0.720 bits per heavy atom. The second-order valence-corrected chi connectivity index (χ2v) is 18.0. The highest BCUT2D eigenvalue weighted by Crippen LogP contribution is 1.97. The summed E-state index contributed by atoms with van der Waals surface area (Å²) in [5.41, 5.74) is 0. The van der Waals surface area contributed by atoms with E-state index in [0.717, 1.165) is 13.1 Å². The predicted molar refractivity (Wildman–Crippen MR) is 121 cm³/mol. The van der Waals surface area contributed by atoms with Gasteiger partial charge in [-0.2, -0.15) is 0 Å². The molecule has 8 heteroatoms. The first kappa shape index (κ1) is 31.1. The van der Waals surface area contributed by atoms with Gasteiger partial charge >= 0.3 is 29.3 Å². The molecule has 0 aliphatic rings. The van der Waals surface area contributed by atoms with Crippen LogP contribution in [0.2, 0.25) is 28.9 Å². The summed E-state index contributed by atoms with van der Waals surface area (Å²) in [6.45, 7) is 6.42. The lowest BCUT2D eigenvalue weighted by Gasteiger charge is -2.32. The van der Waals surface area contributed by atoms with Crippen molar-refractivity contribution in [2.24, 2.45) is 0 Å². The topological polar surface area (TPSA) is 22.2 Å². The predicted octanol–water partition coefficient (Wildman–Crippen LogP) is 2.62. The SMILES string of the molecule is CC(C)[O][Al]([CH3])[CH3].CN(C)CC[N](C)[Al]([N](C)C)[N](C)C.[CH3][Al]([CH3])[CH3]. The molecule has 0 radical (unpaired) electrons. The van der Waals surface area contributed by atoms with Gasteiger partial charge in [0, 0.05) is 12.6 Å². The van der Waals surface area contributed by atoms with Crippen molar-refractivity contribution in [2.75, 3.05) is 62.4 Å². The van der Waals surface area contributed by atoms with Crippen LogP contribution in [0.3, 0.4) is 0 Å². The fraction of sp³-hybridized carbons (Fsp3) is 1.00. The Morgan fingerprint density at radius 3 is 1.24 bits per heavy atom. The van der Waals surface area contributed by atoms with Gasteiger partial charge < -0.3 is 20.3 Å². The van der Waals surface area contributed by atoms with Gasteiger partial charge in [0.1, 0.15) is 0 Å². The summed E-state index contributed by atoms with van der Waals surface area (Å²) in [4.78, 5) is 2.23. The van der Waals surface area contributed by atoms with Gasteiger partial charge in [0.2, 0.25) is 0 Å². The van der Waals surface area contributed by atoms with Crippen LogP contribution in [0.5, 0.6) is 0 Å². The highest BCUT2D eigenvalue weighted by atomic mass is 27.2. The molecule has 0 aliphatic carbocycles. The summed E-state index contributed by atoms with van der Waals surface area (Å²) in [6, 6.07) is 0. The van der Waals surface area contributed by atoms with Crippen molar-refractivity contribution in [2.45, 2.75) is 48.9 Å². The highest BCUT2D eigenvalue weighted by molar-refractivity contribution is 6.54. The van der Waals surface area contributed by atoms with Gasteiger partial charge in [0.25, 0.3) is 14.1 Å². The molecule has 150 valence electrons. The molecule has 0 saturated heterocycles. The fourth-order valence-electron chi connectivity index (χ4n) is 2.27. The molecule has 25 heavy (non-hydrogen) atoms. The van der Waals surface area contributed by atoms with Crippen LogP contribution in [0.15, 0.2) is 0 Å². The number of nitrogens with zero attached hydrogens (tertiary/aromatic N) is 4. The van der Waals surface area contributed by atoms with Gasteiger partial charge in [0.15, 0.2) is 0 Å². The van der Waals surface area contributed by atoms with E-state index >= 15 is 0 Å². The lowest BCUT2D eigenvalue weighted by molar-refractivity contribution is 0.247. The molecule has 0 fully saturated rings. The maximum absolute atomic E-state index is 5.39. The first-order valence-electron chi connectivity index (χ1n) is 9.55. The van der Waals surface area contributed by atoms with E-state index in [9.17, 15) is 0 Å². The van der Waals surface area contributed by atoms with Crippen LogP contribution >= 0.6 is 0 Å². The van der Waals surface area contributed by atoms with E-state index in [-0.39, 0.29) is 14.1 Å². The Labute approximate surface area is 174 Å². The van der Waals surface area contributed by atoms with Crippen LogP contribution < -0.4 is 0 Å². The lowest BCUT2D eigenvalue weighted by Crippen LogP contribution is -2.58. The molecule has 0 N–H and O–H groups in total. The van der Waals surface area contributed by atoms with E-state index in [4.69, 9.17) is 3.79 Å². The quantitative estimate of drug-likeness (QED) is 0.579. The molecule has 0 aromatic carbocycles. The molecule has 0 unspecified atom stereocenters. The van der Waals surface area contributed by atoms with Crippen LogP contribution in [-0.4, -0.2) is 129 Å². The summed E-state index contributed by atoms with van der Waals surface area (Å²) >= 11 is -1.93. The van der Waals surface area contributed by atoms with Crippen molar-refractivity contribution in [3.8, 4) is 0 Å². The van der Waals surface area contributed by atoms with Crippen molar-refractivity contribution in [1.29, 1.82) is 0 Å². The van der Waals surface area contributed by atoms with Crippen LogP contribution in [0.4, 0.5) is 0 Å². The molecule has 0 aliphatic heterocycles. The van der Waals surface area contributed by atoms with E-state index in [2.05, 4.69) is 109 Å². The Kier molecular flexibility index (Phi) is 23.3. The minimum absolute atomic E-state index is 0.139. The van der Waals surface area contributed by atoms with Crippen molar-refractivity contribution in [1.82, 2.24) is 16.6 Å².